The van der Waals surface area contributed by atoms with Crippen LogP contribution < -0.4 is 5.73 Å². The van der Waals surface area contributed by atoms with Crippen molar-refractivity contribution < 1.29 is 13.2 Å². The summed E-state index contributed by atoms with van der Waals surface area (Å²) in [6.45, 7) is 6.17. The quantitative estimate of drug-likeness (QED) is 0.843. The van der Waals surface area contributed by atoms with E-state index < -0.39 is 23.5 Å². The van der Waals surface area contributed by atoms with Crippen molar-refractivity contribution in [1.82, 2.24) is 0 Å². The molecule has 0 saturated heterocycles. The van der Waals surface area contributed by atoms with Crippen LogP contribution >= 0.6 is 0 Å². The summed E-state index contributed by atoms with van der Waals surface area (Å²) in [5, 5.41) is 0. The summed E-state index contributed by atoms with van der Waals surface area (Å²) in [4.78, 5) is 0. The predicted molar refractivity (Wildman–Crippen MR) is 66.5 cm³/mol. The second-order valence-electron chi connectivity index (χ2n) is 5.36. The first-order valence-corrected chi connectivity index (χ1v) is 6.21. The van der Waals surface area contributed by atoms with Gasteiger partial charge in [-0.15, -0.1) is 0 Å². The smallest absolute Gasteiger partial charge is 0.133 e. The molecule has 0 saturated carbocycles. The van der Waals surface area contributed by atoms with Crippen LogP contribution in [0.2, 0.25) is 0 Å². The molecule has 1 aromatic carbocycles. The Hall–Kier alpha value is -1.03. The number of hydrogen-bond acceptors (Lipinski definition) is 1. The Bertz CT molecular complexity index is 381. The van der Waals surface area contributed by atoms with Crippen molar-refractivity contribution in [2.24, 2.45) is 17.6 Å². The maximum Gasteiger partial charge on any atom is 0.133 e. The first-order chi connectivity index (χ1) is 8.31. The molecule has 0 aromatic heterocycles. The second kappa shape index (κ2) is 6.23. The molecular weight excluding hydrogens is 239 g/mol. The molecule has 2 unspecified atom stereocenters. The van der Waals surface area contributed by atoms with Gasteiger partial charge < -0.3 is 5.73 Å². The lowest BCUT2D eigenvalue weighted by Gasteiger charge is -2.20. The zero-order valence-corrected chi connectivity index (χ0v) is 11.0. The SMILES string of the molecule is CC(C)CC(C)CC(N)c1c(F)cc(F)cc1F. The summed E-state index contributed by atoms with van der Waals surface area (Å²) in [6.07, 6.45) is 1.43. The van der Waals surface area contributed by atoms with Crippen LogP contribution in [0.1, 0.15) is 45.2 Å². The van der Waals surface area contributed by atoms with E-state index in [1.54, 1.807) is 0 Å². The highest BCUT2D eigenvalue weighted by Gasteiger charge is 2.20. The standard InChI is InChI=1S/C14H20F3N/c1-8(2)4-9(3)5-13(18)14-11(16)6-10(15)7-12(14)17/h6-9,13H,4-5,18H2,1-3H3. The molecule has 0 bridgehead atoms. The summed E-state index contributed by atoms with van der Waals surface area (Å²) in [5.41, 5.74) is 5.61. The topological polar surface area (TPSA) is 26.0 Å². The lowest BCUT2D eigenvalue weighted by atomic mass is 9.90. The highest BCUT2D eigenvalue weighted by molar-refractivity contribution is 5.24. The van der Waals surface area contributed by atoms with Crippen molar-refractivity contribution in [1.29, 1.82) is 0 Å². The Morgan fingerprint density at radius 2 is 1.50 bits per heavy atom. The number of nitrogens with two attached hydrogens (primary N) is 1. The van der Waals surface area contributed by atoms with Crippen LogP contribution in [0.5, 0.6) is 0 Å². The van der Waals surface area contributed by atoms with Crippen LogP contribution in [0.15, 0.2) is 12.1 Å². The molecule has 0 aliphatic rings. The van der Waals surface area contributed by atoms with Crippen molar-refractivity contribution in [3.8, 4) is 0 Å². The molecular formula is C14H20F3N. The Labute approximate surface area is 106 Å². The van der Waals surface area contributed by atoms with Gasteiger partial charge in [-0.05, 0) is 24.7 Å². The van der Waals surface area contributed by atoms with E-state index in [4.69, 9.17) is 5.73 Å². The van der Waals surface area contributed by atoms with E-state index in [0.717, 1.165) is 6.42 Å². The van der Waals surface area contributed by atoms with Crippen LogP contribution in [-0.2, 0) is 0 Å². The largest absolute Gasteiger partial charge is 0.324 e. The van der Waals surface area contributed by atoms with Gasteiger partial charge in [-0.2, -0.15) is 0 Å². The predicted octanol–water partition coefficient (Wildman–Crippen LogP) is 4.18. The summed E-state index contributed by atoms with van der Waals surface area (Å²) in [7, 11) is 0. The number of halogens is 3. The summed E-state index contributed by atoms with van der Waals surface area (Å²) >= 11 is 0. The first-order valence-electron chi connectivity index (χ1n) is 6.21. The van der Waals surface area contributed by atoms with Crippen molar-refractivity contribution in [2.45, 2.75) is 39.7 Å². The number of benzene rings is 1. The maximum atomic E-state index is 13.5. The van der Waals surface area contributed by atoms with Gasteiger partial charge in [-0.1, -0.05) is 20.8 Å². The lowest BCUT2D eigenvalue weighted by Crippen LogP contribution is -2.18. The van der Waals surface area contributed by atoms with Gasteiger partial charge in [0.15, 0.2) is 0 Å². The molecule has 0 heterocycles. The molecule has 0 aliphatic carbocycles. The molecule has 2 atom stereocenters. The van der Waals surface area contributed by atoms with E-state index in [-0.39, 0.29) is 11.5 Å². The van der Waals surface area contributed by atoms with Crippen molar-refractivity contribution >= 4 is 0 Å². The van der Waals surface area contributed by atoms with Crippen LogP contribution in [0, 0.1) is 29.3 Å². The minimum Gasteiger partial charge on any atom is -0.324 e. The Balaban J connectivity index is 2.81. The Morgan fingerprint density at radius 1 is 1.00 bits per heavy atom. The zero-order valence-electron chi connectivity index (χ0n) is 11.0. The molecule has 0 radical (unpaired) electrons. The third-order valence-electron chi connectivity index (χ3n) is 2.94. The summed E-state index contributed by atoms with van der Waals surface area (Å²) < 4.78 is 39.8. The minimum absolute atomic E-state index is 0.216. The fourth-order valence-electron chi connectivity index (χ4n) is 2.36. The van der Waals surface area contributed by atoms with E-state index >= 15 is 0 Å². The number of rotatable bonds is 5. The van der Waals surface area contributed by atoms with E-state index in [1.165, 1.54) is 0 Å². The second-order valence-corrected chi connectivity index (χ2v) is 5.36. The normalized spacial score (nSPS) is 14.9. The molecule has 1 aromatic rings. The van der Waals surface area contributed by atoms with E-state index in [2.05, 4.69) is 13.8 Å². The molecule has 1 nitrogen and oxygen atoms in total. The van der Waals surface area contributed by atoms with Gasteiger partial charge in [0, 0.05) is 23.7 Å². The van der Waals surface area contributed by atoms with Gasteiger partial charge in [-0.25, -0.2) is 13.2 Å². The first kappa shape index (κ1) is 15.0. The fourth-order valence-corrected chi connectivity index (χ4v) is 2.36. The van der Waals surface area contributed by atoms with Crippen LogP contribution in [0.3, 0.4) is 0 Å². The average molecular weight is 259 g/mol. The summed E-state index contributed by atoms with van der Waals surface area (Å²) in [5.74, 6) is -1.95. The van der Waals surface area contributed by atoms with Gasteiger partial charge >= 0.3 is 0 Å². The van der Waals surface area contributed by atoms with Gasteiger partial charge in [-0.3, -0.25) is 0 Å². The third kappa shape index (κ3) is 4.02. The molecule has 18 heavy (non-hydrogen) atoms. The van der Waals surface area contributed by atoms with Gasteiger partial charge in [0.2, 0.25) is 0 Å². The van der Waals surface area contributed by atoms with Crippen LogP contribution in [0.4, 0.5) is 13.2 Å². The van der Waals surface area contributed by atoms with Crippen LogP contribution in [-0.4, -0.2) is 0 Å². The van der Waals surface area contributed by atoms with E-state index in [9.17, 15) is 13.2 Å². The lowest BCUT2D eigenvalue weighted by molar-refractivity contribution is 0.376. The summed E-state index contributed by atoms with van der Waals surface area (Å²) in [6, 6.07) is 0.607. The molecule has 102 valence electrons. The van der Waals surface area contributed by atoms with E-state index in [1.807, 2.05) is 6.92 Å². The average Bonchev–Trinajstić information content (AvgIpc) is 2.12. The Kier molecular flexibility index (Phi) is 5.20. The number of hydrogen-bond donors (Lipinski definition) is 1. The van der Waals surface area contributed by atoms with Gasteiger partial charge in [0.05, 0.1) is 0 Å². The molecule has 2 N–H and O–H groups in total. The molecule has 0 spiro atoms. The molecule has 0 aliphatic heterocycles. The molecule has 1 rings (SSSR count). The van der Waals surface area contributed by atoms with Gasteiger partial charge in [0.1, 0.15) is 17.5 Å². The van der Waals surface area contributed by atoms with Crippen molar-refractivity contribution in [3.63, 3.8) is 0 Å². The highest BCUT2D eigenvalue weighted by atomic mass is 19.1. The fraction of sp³-hybridized carbons (Fsp3) is 0.571. The molecule has 0 fully saturated rings. The van der Waals surface area contributed by atoms with Crippen molar-refractivity contribution in [2.75, 3.05) is 0 Å². The molecule has 4 heteroatoms. The monoisotopic (exact) mass is 259 g/mol. The van der Waals surface area contributed by atoms with Gasteiger partial charge in [0.25, 0.3) is 0 Å². The van der Waals surface area contributed by atoms with E-state index in [0.29, 0.717) is 24.5 Å². The third-order valence-corrected chi connectivity index (χ3v) is 2.94. The highest BCUT2D eigenvalue weighted by Crippen LogP contribution is 2.27. The Morgan fingerprint density at radius 3 is 1.94 bits per heavy atom. The van der Waals surface area contributed by atoms with Crippen molar-refractivity contribution in [3.05, 3.63) is 35.1 Å². The van der Waals surface area contributed by atoms with Crippen LogP contribution in [0.25, 0.3) is 0 Å². The minimum atomic E-state index is -0.920. The zero-order chi connectivity index (χ0) is 13.9. The molecule has 0 amide bonds. The maximum absolute atomic E-state index is 13.5.